The molecule has 0 saturated carbocycles. The van der Waals surface area contributed by atoms with Gasteiger partial charge in [0.2, 0.25) is 5.91 Å². The minimum Gasteiger partial charge on any atom is -0.382 e. The molecule has 0 aliphatic carbocycles. The molecule has 0 aromatic carbocycles. The standard InChI is InChI=1S/C13H26N2O3/c1-3-14-10-12-4-6-15(7-5-12)13(16)11-18-9-8-17-2/h12,14H,3-11H2,1-2H3. The molecule has 0 unspecified atom stereocenters. The normalized spacial score (nSPS) is 17.1. The van der Waals surface area contributed by atoms with Gasteiger partial charge in [-0.25, -0.2) is 0 Å². The molecule has 18 heavy (non-hydrogen) atoms. The molecule has 1 heterocycles. The van der Waals surface area contributed by atoms with Crippen LogP contribution in [0.15, 0.2) is 0 Å². The van der Waals surface area contributed by atoms with E-state index < -0.39 is 0 Å². The summed E-state index contributed by atoms with van der Waals surface area (Å²) in [4.78, 5) is 13.7. The van der Waals surface area contributed by atoms with E-state index in [4.69, 9.17) is 9.47 Å². The Morgan fingerprint density at radius 3 is 2.67 bits per heavy atom. The third kappa shape index (κ3) is 5.80. The van der Waals surface area contributed by atoms with Gasteiger partial charge in [-0.3, -0.25) is 4.79 Å². The molecule has 0 spiro atoms. The van der Waals surface area contributed by atoms with Crippen LogP contribution in [-0.4, -0.2) is 63.9 Å². The van der Waals surface area contributed by atoms with Gasteiger partial charge >= 0.3 is 0 Å². The quantitative estimate of drug-likeness (QED) is 0.644. The second-order valence-corrected chi connectivity index (χ2v) is 4.68. The van der Waals surface area contributed by atoms with E-state index >= 15 is 0 Å². The molecular weight excluding hydrogens is 232 g/mol. The number of carbonyl (C=O) groups excluding carboxylic acids is 1. The molecule has 1 fully saturated rings. The van der Waals surface area contributed by atoms with Crippen molar-refractivity contribution in [2.24, 2.45) is 5.92 Å². The molecule has 0 radical (unpaired) electrons. The Labute approximate surface area is 110 Å². The van der Waals surface area contributed by atoms with E-state index in [0.717, 1.165) is 39.0 Å². The highest BCUT2D eigenvalue weighted by atomic mass is 16.5. The van der Waals surface area contributed by atoms with Crippen LogP contribution in [-0.2, 0) is 14.3 Å². The Hall–Kier alpha value is -0.650. The molecule has 0 bridgehead atoms. The van der Waals surface area contributed by atoms with E-state index in [0.29, 0.717) is 19.1 Å². The highest BCUT2D eigenvalue weighted by molar-refractivity contribution is 5.77. The van der Waals surface area contributed by atoms with Crippen molar-refractivity contribution >= 4 is 5.91 Å². The molecule has 0 atom stereocenters. The molecular formula is C13H26N2O3. The van der Waals surface area contributed by atoms with Gasteiger partial charge in [-0.2, -0.15) is 0 Å². The number of methoxy groups -OCH3 is 1. The summed E-state index contributed by atoms with van der Waals surface area (Å²) in [7, 11) is 1.63. The number of nitrogens with one attached hydrogen (secondary N) is 1. The van der Waals surface area contributed by atoms with Crippen molar-refractivity contribution in [3.05, 3.63) is 0 Å². The molecule has 5 nitrogen and oxygen atoms in total. The summed E-state index contributed by atoms with van der Waals surface area (Å²) in [6, 6.07) is 0. The molecule has 1 rings (SSSR count). The largest absolute Gasteiger partial charge is 0.382 e. The number of hydrogen-bond acceptors (Lipinski definition) is 4. The number of likely N-dealkylation sites (tertiary alicyclic amines) is 1. The fraction of sp³-hybridized carbons (Fsp3) is 0.923. The van der Waals surface area contributed by atoms with Crippen LogP contribution in [0.25, 0.3) is 0 Å². The maximum absolute atomic E-state index is 11.8. The minimum absolute atomic E-state index is 0.105. The fourth-order valence-electron chi connectivity index (χ4n) is 2.13. The van der Waals surface area contributed by atoms with E-state index in [1.165, 1.54) is 0 Å². The molecule has 0 aromatic rings. The summed E-state index contributed by atoms with van der Waals surface area (Å²) >= 11 is 0. The summed E-state index contributed by atoms with van der Waals surface area (Å²) in [5.74, 6) is 0.816. The number of carbonyl (C=O) groups is 1. The van der Waals surface area contributed by atoms with Crippen LogP contribution < -0.4 is 5.32 Å². The van der Waals surface area contributed by atoms with E-state index in [1.807, 2.05) is 4.90 Å². The molecule has 1 saturated heterocycles. The smallest absolute Gasteiger partial charge is 0.248 e. The Morgan fingerprint density at radius 2 is 2.06 bits per heavy atom. The molecule has 106 valence electrons. The third-order valence-corrected chi connectivity index (χ3v) is 3.31. The zero-order valence-corrected chi connectivity index (χ0v) is 11.6. The Morgan fingerprint density at radius 1 is 1.33 bits per heavy atom. The zero-order chi connectivity index (χ0) is 13.2. The zero-order valence-electron chi connectivity index (χ0n) is 11.6. The third-order valence-electron chi connectivity index (χ3n) is 3.31. The van der Waals surface area contributed by atoms with Crippen LogP contribution in [0.5, 0.6) is 0 Å². The van der Waals surface area contributed by atoms with Crippen molar-refractivity contribution < 1.29 is 14.3 Å². The van der Waals surface area contributed by atoms with Gasteiger partial charge in [0.15, 0.2) is 0 Å². The van der Waals surface area contributed by atoms with Gasteiger partial charge in [-0.05, 0) is 31.8 Å². The van der Waals surface area contributed by atoms with E-state index in [-0.39, 0.29) is 12.5 Å². The molecule has 1 aliphatic rings. The predicted molar refractivity (Wildman–Crippen MR) is 70.5 cm³/mol. The number of rotatable bonds is 8. The molecule has 1 aliphatic heterocycles. The molecule has 5 heteroatoms. The first-order valence-electron chi connectivity index (χ1n) is 6.83. The monoisotopic (exact) mass is 258 g/mol. The van der Waals surface area contributed by atoms with Crippen LogP contribution in [0.4, 0.5) is 0 Å². The minimum atomic E-state index is 0.105. The topological polar surface area (TPSA) is 50.8 Å². The van der Waals surface area contributed by atoms with Crippen molar-refractivity contribution in [2.45, 2.75) is 19.8 Å². The average Bonchev–Trinajstić information content (AvgIpc) is 2.41. The summed E-state index contributed by atoms with van der Waals surface area (Å²) in [6.45, 7) is 7.15. The fourth-order valence-corrected chi connectivity index (χ4v) is 2.13. The summed E-state index contributed by atoms with van der Waals surface area (Å²) in [5, 5.41) is 3.37. The average molecular weight is 258 g/mol. The van der Waals surface area contributed by atoms with Gasteiger partial charge < -0.3 is 19.7 Å². The van der Waals surface area contributed by atoms with Crippen LogP contribution in [0.3, 0.4) is 0 Å². The SMILES string of the molecule is CCNCC1CCN(C(=O)COCCOC)CC1. The van der Waals surface area contributed by atoms with Crippen LogP contribution >= 0.6 is 0 Å². The second kappa shape index (κ2) is 9.30. The first kappa shape index (κ1) is 15.4. The van der Waals surface area contributed by atoms with Crippen molar-refractivity contribution in [2.75, 3.05) is 53.1 Å². The van der Waals surface area contributed by atoms with Crippen molar-refractivity contribution in [1.82, 2.24) is 10.2 Å². The first-order valence-corrected chi connectivity index (χ1v) is 6.83. The Kier molecular flexibility index (Phi) is 7.96. The van der Waals surface area contributed by atoms with Crippen molar-refractivity contribution in [3.63, 3.8) is 0 Å². The number of ether oxygens (including phenoxy) is 2. The lowest BCUT2D eigenvalue weighted by molar-refractivity contribution is -0.137. The van der Waals surface area contributed by atoms with Crippen LogP contribution in [0, 0.1) is 5.92 Å². The van der Waals surface area contributed by atoms with Crippen LogP contribution in [0.1, 0.15) is 19.8 Å². The maximum atomic E-state index is 11.8. The lowest BCUT2D eigenvalue weighted by atomic mass is 9.97. The summed E-state index contributed by atoms with van der Waals surface area (Å²) < 4.78 is 10.1. The lowest BCUT2D eigenvalue weighted by Crippen LogP contribution is -2.42. The Balaban J connectivity index is 2.11. The number of hydrogen-bond donors (Lipinski definition) is 1. The van der Waals surface area contributed by atoms with Crippen molar-refractivity contribution in [3.8, 4) is 0 Å². The lowest BCUT2D eigenvalue weighted by Gasteiger charge is -2.32. The van der Waals surface area contributed by atoms with Gasteiger partial charge in [-0.1, -0.05) is 6.92 Å². The van der Waals surface area contributed by atoms with Crippen molar-refractivity contribution in [1.29, 1.82) is 0 Å². The first-order chi connectivity index (χ1) is 8.77. The van der Waals surface area contributed by atoms with E-state index in [9.17, 15) is 4.79 Å². The van der Waals surface area contributed by atoms with Gasteiger partial charge in [-0.15, -0.1) is 0 Å². The molecule has 1 N–H and O–H groups in total. The predicted octanol–water partition coefficient (Wildman–Crippen LogP) is 0.498. The Bertz CT molecular complexity index is 228. The molecule has 1 amide bonds. The highest BCUT2D eigenvalue weighted by Gasteiger charge is 2.22. The maximum Gasteiger partial charge on any atom is 0.248 e. The van der Waals surface area contributed by atoms with Gasteiger partial charge in [0.25, 0.3) is 0 Å². The summed E-state index contributed by atoms with van der Waals surface area (Å²) in [6.07, 6.45) is 2.19. The van der Waals surface area contributed by atoms with E-state index in [1.54, 1.807) is 7.11 Å². The number of nitrogens with zero attached hydrogens (tertiary/aromatic N) is 1. The number of amides is 1. The van der Waals surface area contributed by atoms with E-state index in [2.05, 4.69) is 12.2 Å². The highest BCUT2D eigenvalue weighted by Crippen LogP contribution is 2.16. The van der Waals surface area contributed by atoms with Gasteiger partial charge in [0.1, 0.15) is 6.61 Å². The number of piperidine rings is 1. The summed E-state index contributed by atoms with van der Waals surface area (Å²) in [5.41, 5.74) is 0. The van der Waals surface area contributed by atoms with Gasteiger partial charge in [0, 0.05) is 20.2 Å². The molecule has 0 aromatic heterocycles. The van der Waals surface area contributed by atoms with Gasteiger partial charge in [0.05, 0.1) is 13.2 Å². The van der Waals surface area contributed by atoms with Crippen LogP contribution in [0.2, 0.25) is 0 Å². The second-order valence-electron chi connectivity index (χ2n) is 4.68.